The molecule has 0 aliphatic heterocycles. The molecule has 0 saturated heterocycles. The van der Waals surface area contributed by atoms with Crippen molar-refractivity contribution in [1.82, 2.24) is 5.32 Å². The highest BCUT2D eigenvalue weighted by Gasteiger charge is 2.16. The van der Waals surface area contributed by atoms with Crippen LogP contribution in [0.1, 0.15) is 44.6 Å². The van der Waals surface area contributed by atoms with Gasteiger partial charge in [0.1, 0.15) is 0 Å². The largest absolute Gasteiger partial charge is 0.396 e. The molecule has 1 rings (SSSR count). The van der Waals surface area contributed by atoms with Gasteiger partial charge in [0.25, 0.3) is 0 Å². The van der Waals surface area contributed by atoms with E-state index in [2.05, 4.69) is 5.32 Å². The van der Waals surface area contributed by atoms with E-state index >= 15 is 0 Å². The highest BCUT2D eigenvalue weighted by molar-refractivity contribution is 5.78. The van der Waals surface area contributed by atoms with E-state index in [1.165, 1.54) is 5.56 Å². The molecule has 0 saturated carbocycles. The zero-order valence-electron chi connectivity index (χ0n) is 11.9. The molecular formula is C16H25NO2. The maximum absolute atomic E-state index is 12.0. The second-order valence-corrected chi connectivity index (χ2v) is 4.88. The van der Waals surface area contributed by atoms with Crippen molar-refractivity contribution in [1.29, 1.82) is 0 Å². The number of nitrogens with one attached hydrogen (secondary N) is 1. The fourth-order valence-electron chi connectivity index (χ4n) is 2.30. The number of carbonyl (C=O) groups excluding carboxylic acids is 1. The van der Waals surface area contributed by atoms with Crippen LogP contribution in [0.4, 0.5) is 0 Å². The van der Waals surface area contributed by atoms with Crippen molar-refractivity contribution in [3.05, 3.63) is 35.9 Å². The predicted octanol–water partition coefficient (Wildman–Crippen LogP) is 2.71. The molecule has 0 aliphatic rings. The van der Waals surface area contributed by atoms with Crippen LogP contribution in [-0.2, 0) is 4.79 Å². The molecule has 19 heavy (non-hydrogen) atoms. The SMILES string of the molecule is CCC(CC)C(=O)NCC(CCO)c1ccccc1. The molecule has 0 aromatic heterocycles. The molecule has 1 aromatic carbocycles. The van der Waals surface area contributed by atoms with Gasteiger partial charge in [-0.05, 0) is 24.8 Å². The molecule has 0 aliphatic carbocycles. The van der Waals surface area contributed by atoms with E-state index < -0.39 is 0 Å². The van der Waals surface area contributed by atoms with Crippen LogP contribution in [0.15, 0.2) is 30.3 Å². The average Bonchev–Trinajstić information content (AvgIpc) is 2.45. The smallest absolute Gasteiger partial charge is 0.223 e. The Labute approximate surface area is 116 Å². The zero-order chi connectivity index (χ0) is 14.1. The molecule has 3 heteroatoms. The van der Waals surface area contributed by atoms with Gasteiger partial charge in [-0.15, -0.1) is 0 Å². The van der Waals surface area contributed by atoms with Gasteiger partial charge >= 0.3 is 0 Å². The summed E-state index contributed by atoms with van der Waals surface area (Å²) in [5.74, 6) is 0.416. The quantitative estimate of drug-likeness (QED) is 0.757. The monoisotopic (exact) mass is 263 g/mol. The Kier molecular flexibility index (Phi) is 7.19. The zero-order valence-corrected chi connectivity index (χ0v) is 11.9. The van der Waals surface area contributed by atoms with E-state index in [1.54, 1.807) is 0 Å². The number of aliphatic hydroxyl groups is 1. The van der Waals surface area contributed by atoms with Crippen LogP contribution in [0.25, 0.3) is 0 Å². The molecule has 106 valence electrons. The summed E-state index contributed by atoms with van der Waals surface area (Å²) < 4.78 is 0. The minimum absolute atomic E-state index is 0.102. The molecule has 1 amide bonds. The normalized spacial score (nSPS) is 12.4. The molecule has 1 aromatic rings. The number of aliphatic hydroxyl groups excluding tert-OH is 1. The van der Waals surface area contributed by atoms with Crippen molar-refractivity contribution in [2.45, 2.75) is 39.0 Å². The summed E-state index contributed by atoms with van der Waals surface area (Å²) in [6, 6.07) is 10.0. The van der Waals surface area contributed by atoms with Gasteiger partial charge < -0.3 is 10.4 Å². The Balaban J connectivity index is 2.58. The average molecular weight is 263 g/mol. The molecule has 0 bridgehead atoms. The summed E-state index contributed by atoms with van der Waals surface area (Å²) in [5.41, 5.74) is 1.17. The van der Waals surface area contributed by atoms with Crippen LogP contribution >= 0.6 is 0 Å². The van der Waals surface area contributed by atoms with Gasteiger partial charge in [-0.2, -0.15) is 0 Å². The van der Waals surface area contributed by atoms with E-state index in [0.29, 0.717) is 13.0 Å². The van der Waals surface area contributed by atoms with E-state index in [1.807, 2.05) is 44.2 Å². The predicted molar refractivity (Wildman–Crippen MR) is 78.0 cm³/mol. The topological polar surface area (TPSA) is 49.3 Å². The summed E-state index contributed by atoms with van der Waals surface area (Å²) in [7, 11) is 0. The summed E-state index contributed by atoms with van der Waals surface area (Å²) in [4.78, 5) is 12.0. The molecule has 0 radical (unpaired) electrons. The Bertz CT molecular complexity index is 360. The lowest BCUT2D eigenvalue weighted by atomic mass is 9.95. The van der Waals surface area contributed by atoms with Crippen molar-refractivity contribution < 1.29 is 9.90 Å². The summed E-state index contributed by atoms with van der Waals surface area (Å²) >= 11 is 0. The first-order chi connectivity index (χ1) is 9.22. The lowest BCUT2D eigenvalue weighted by Gasteiger charge is -2.19. The van der Waals surface area contributed by atoms with Crippen LogP contribution in [0.5, 0.6) is 0 Å². The van der Waals surface area contributed by atoms with E-state index in [0.717, 1.165) is 12.8 Å². The fraction of sp³-hybridized carbons (Fsp3) is 0.562. The van der Waals surface area contributed by atoms with Gasteiger partial charge in [-0.3, -0.25) is 4.79 Å². The third-order valence-electron chi connectivity index (χ3n) is 3.63. The van der Waals surface area contributed by atoms with Crippen LogP contribution in [0.2, 0.25) is 0 Å². The maximum atomic E-state index is 12.0. The third-order valence-corrected chi connectivity index (χ3v) is 3.63. The van der Waals surface area contributed by atoms with Crippen LogP contribution in [0.3, 0.4) is 0 Å². The number of benzene rings is 1. The van der Waals surface area contributed by atoms with E-state index in [9.17, 15) is 4.79 Å². The molecule has 1 atom stereocenters. The van der Waals surface area contributed by atoms with Gasteiger partial charge in [-0.25, -0.2) is 0 Å². The molecule has 0 fully saturated rings. The van der Waals surface area contributed by atoms with Gasteiger partial charge in [-0.1, -0.05) is 44.2 Å². The van der Waals surface area contributed by atoms with Crippen molar-refractivity contribution in [2.24, 2.45) is 5.92 Å². The fourth-order valence-corrected chi connectivity index (χ4v) is 2.30. The highest BCUT2D eigenvalue weighted by Crippen LogP contribution is 2.18. The first-order valence-electron chi connectivity index (χ1n) is 7.16. The molecule has 3 nitrogen and oxygen atoms in total. The van der Waals surface area contributed by atoms with E-state index in [4.69, 9.17) is 5.11 Å². The molecule has 0 heterocycles. The maximum Gasteiger partial charge on any atom is 0.223 e. The molecular weight excluding hydrogens is 238 g/mol. The lowest BCUT2D eigenvalue weighted by molar-refractivity contribution is -0.125. The number of hydrogen-bond acceptors (Lipinski definition) is 2. The number of rotatable bonds is 8. The first kappa shape index (κ1) is 15.7. The summed E-state index contributed by atoms with van der Waals surface area (Å²) in [6.45, 7) is 4.81. The van der Waals surface area contributed by atoms with Gasteiger partial charge in [0.15, 0.2) is 0 Å². The third kappa shape index (κ3) is 5.03. The minimum Gasteiger partial charge on any atom is -0.396 e. The first-order valence-corrected chi connectivity index (χ1v) is 7.16. The van der Waals surface area contributed by atoms with Crippen LogP contribution in [-0.4, -0.2) is 24.2 Å². The number of carbonyl (C=O) groups is 1. The number of amides is 1. The van der Waals surface area contributed by atoms with Gasteiger partial charge in [0, 0.05) is 25.0 Å². The Hall–Kier alpha value is -1.35. The van der Waals surface area contributed by atoms with Crippen LogP contribution < -0.4 is 5.32 Å². The molecule has 0 spiro atoms. The Morgan fingerprint density at radius 2 is 1.84 bits per heavy atom. The molecule has 2 N–H and O–H groups in total. The summed E-state index contributed by atoms with van der Waals surface area (Å²) in [6.07, 6.45) is 2.42. The molecule has 1 unspecified atom stereocenters. The van der Waals surface area contributed by atoms with Gasteiger partial charge in [0.2, 0.25) is 5.91 Å². The van der Waals surface area contributed by atoms with Crippen molar-refractivity contribution in [3.8, 4) is 0 Å². The lowest BCUT2D eigenvalue weighted by Crippen LogP contribution is -2.33. The standard InChI is InChI=1S/C16H25NO2/c1-3-13(4-2)16(19)17-12-15(10-11-18)14-8-6-5-7-9-14/h5-9,13,15,18H,3-4,10-12H2,1-2H3,(H,17,19). The second kappa shape index (κ2) is 8.70. The van der Waals surface area contributed by atoms with Gasteiger partial charge in [0.05, 0.1) is 0 Å². The second-order valence-electron chi connectivity index (χ2n) is 4.88. The Morgan fingerprint density at radius 1 is 1.21 bits per heavy atom. The van der Waals surface area contributed by atoms with Crippen molar-refractivity contribution in [3.63, 3.8) is 0 Å². The minimum atomic E-state index is 0.102. The summed E-state index contributed by atoms with van der Waals surface area (Å²) in [5, 5.41) is 12.2. The van der Waals surface area contributed by atoms with Crippen LogP contribution in [0, 0.1) is 5.92 Å². The van der Waals surface area contributed by atoms with Crippen molar-refractivity contribution >= 4 is 5.91 Å². The highest BCUT2D eigenvalue weighted by atomic mass is 16.3. The van der Waals surface area contributed by atoms with E-state index in [-0.39, 0.29) is 24.3 Å². The Morgan fingerprint density at radius 3 is 2.37 bits per heavy atom. The van der Waals surface area contributed by atoms with Crippen molar-refractivity contribution in [2.75, 3.05) is 13.2 Å². The number of hydrogen-bond donors (Lipinski definition) is 2.